The highest BCUT2D eigenvalue weighted by molar-refractivity contribution is 5.95. The molecule has 0 N–H and O–H groups in total. The van der Waals surface area contributed by atoms with Crippen LogP contribution in [-0.2, 0) is 0 Å². The number of rotatable bonds is 7. The van der Waals surface area contributed by atoms with Crippen LogP contribution in [0.2, 0.25) is 0 Å². The van der Waals surface area contributed by atoms with Gasteiger partial charge in [0.1, 0.15) is 5.75 Å². The molecule has 0 radical (unpaired) electrons. The lowest BCUT2D eigenvalue weighted by atomic mass is 10.1. The van der Waals surface area contributed by atoms with Crippen LogP contribution in [0.1, 0.15) is 23.2 Å². The number of anilines is 1. The van der Waals surface area contributed by atoms with Crippen LogP contribution >= 0.6 is 0 Å². The number of ketones is 1. The topological polar surface area (TPSA) is 29.5 Å². The Morgan fingerprint density at radius 1 is 1.05 bits per heavy atom. The minimum absolute atomic E-state index is 0.207. The second-order valence-electron chi connectivity index (χ2n) is 5.01. The summed E-state index contributed by atoms with van der Waals surface area (Å²) in [4.78, 5) is 14.2. The molecule has 0 atom stereocenters. The van der Waals surface area contributed by atoms with Crippen molar-refractivity contribution in [2.45, 2.75) is 12.8 Å². The van der Waals surface area contributed by atoms with E-state index in [-0.39, 0.29) is 5.78 Å². The molecule has 0 heterocycles. The van der Waals surface area contributed by atoms with Crippen molar-refractivity contribution in [1.82, 2.24) is 0 Å². The highest BCUT2D eigenvalue weighted by Gasteiger charge is 2.06. The van der Waals surface area contributed by atoms with Crippen molar-refractivity contribution < 1.29 is 9.53 Å². The molecule has 0 fully saturated rings. The zero-order valence-electron chi connectivity index (χ0n) is 12.6. The maximum Gasteiger partial charge on any atom is 0.162 e. The maximum absolute atomic E-state index is 12.0. The smallest absolute Gasteiger partial charge is 0.162 e. The third-order valence-electron chi connectivity index (χ3n) is 3.51. The monoisotopic (exact) mass is 283 g/mol. The molecule has 21 heavy (non-hydrogen) atoms. The van der Waals surface area contributed by atoms with Gasteiger partial charge in [-0.3, -0.25) is 4.79 Å². The minimum atomic E-state index is 0.207. The zero-order valence-corrected chi connectivity index (χ0v) is 12.6. The molecular weight excluding hydrogens is 262 g/mol. The van der Waals surface area contributed by atoms with Crippen LogP contribution in [0.15, 0.2) is 54.6 Å². The molecule has 0 saturated carbocycles. The van der Waals surface area contributed by atoms with Gasteiger partial charge in [-0.1, -0.05) is 30.3 Å². The summed E-state index contributed by atoms with van der Waals surface area (Å²) < 4.78 is 5.15. The van der Waals surface area contributed by atoms with E-state index in [0.717, 1.165) is 30.0 Å². The molecule has 110 valence electrons. The number of hydrogen-bond donors (Lipinski definition) is 0. The summed E-state index contributed by atoms with van der Waals surface area (Å²) in [5, 5.41) is 0. The molecule has 2 aromatic carbocycles. The molecule has 0 aliphatic rings. The first kappa shape index (κ1) is 15.1. The lowest BCUT2D eigenvalue weighted by Crippen LogP contribution is -2.19. The van der Waals surface area contributed by atoms with E-state index in [1.165, 1.54) is 0 Å². The largest absolute Gasteiger partial charge is 0.497 e. The van der Waals surface area contributed by atoms with Gasteiger partial charge in [-0.15, -0.1) is 0 Å². The van der Waals surface area contributed by atoms with Gasteiger partial charge < -0.3 is 9.64 Å². The van der Waals surface area contributed by atoms with E-state index in [4.69, 9.17) is 4.74 Å². The van der Waals surface area contributed by atoms with Gasteiger partial charge in [-0.25, -0.2) is 0 Å². The fourth-order valence-electron chi connectivity index (χ4n) is 2.21. The lowest BCUT2D eigenvalue weighted by Gasteiger charge is -2.19. The van der Waals surface area contributed by atoms with E-state index < -0.39 is 0 Å². The SMILES string of the molecule is COc1ccc(N(C)CCCC(=O)c2ccccc2)cc1. The summed E-state index contributed by atoms with van der Waals surface area (Å²) in [5.74, 6) is 1.06. The minimum Gasteiger partial charge on any atom is -0.497 e. The number of nitrogens with zero attached hydrogens (tertiary/aromatic N) is 1. The fourth-order valence-corrected chi connectivity index (χ4v) is 2.21. The summed E-state index contributed by atoms with van der Waals surface area (Å²) in [6.07, 6.45) is 1.42. The normalized spacial score (nSPS) is 10.2. The molecule has 0 saturated heterocycles. The predicted octanol–water partition coefficient (Wildman–Crippen LogP) is 3.79. The predicted molar refractivity (Wildman–Crippen MR) is 86.3 cm³/mol. The Kier molecular flexibility index (Phi) is 5.38. The number of carbonyl (C=O) groups is 1. The van der Waals surface area contributed by atoms with Crippen molar-refractivity contribution in [3.63, 3.8) is 0 Å². The molecule has 0 spiro atoms. The van der Waals surface area contributed by atoms with E-state index in [0.29, 0.717) is 6.42 Å². The Labute approximate surface area is 126 Å². The van der Waals surface area contributed by atoms with Crippen LogP contribution in [0.4, 0.5) is 5.69 Å². The number of ether oxygens (including phenoxy) is 1. The molecule has 2 aromatic rings. The quantitative estimate of drug-likeness (QED) is 0.724. The first-order valence-electron chi connectivity index (χ1n) is 7.14. The Balaban J connectivity index is 1.81. The summed E-state index contributed by atoms with van der Waals surface area (Å²) in [7, 11) is 3.70. The van der Waals surface area contributed by atoms with Gasteiger partial charge in [0.15, 0.2) is 5.78 Å². The van der Waals surface area contributed by atoms with Gasteiger partial charge in [0, 0.05) is 31.3 Å². The zero-order chi connectivity index (χ0) is 15.1. The summed E-state index contributed by atoms with van der Waals surface area (Å²) >= 11 is 0. The second-order valence-corrected chi connectivity index (χ2v) is 5.01. The summed E-state index contributed by atoms with van der Waals surface area (Å²) in [5.41, 5.74) is 1.92. The van der Waals surface area contributed by atoms with Crippen LogP contribution in [-0.4, -0.2) is 26.5 Å². The van der Waals surface area contributed by atoms with E-state index in [1.54, 1.807) is 7.11 Å². The van der Waals surface area contributed by atoms with Gasteiger partial charge in [-0.05, 0) is 30.7 Å². The van der Waals surface area contributed by atoms with Crippen molar-refractivity contribution in [2.24, 2.45) is 0 Å². The van der Waals surface area contributed by atoms with Gasteiger partial charge in [0.05, 0.1) is 7.11 Å². The first-order valence-corrected chi connectivity index (χ1v) is 7.14. The van der Waals surface area contributed by atoms with Crippen LogP contribution in [0, 0.1) is 0 Å². The Bertz CT molecular complexity index is 564. The maximum atomic E-state index is 12.0. The number of Topliss-reactive ketones (excluding diaryl/α,β-unsaturated/α-hetero) is 1. The second kappa shape index (κ2) is 7.48. The van der Waals surface area contributed by atoms with E-state index in [9.17, 15) is 4.79 Å². The molecule has 2 rings (SSSR count). The summed E-state index contributed by atoms with van der Waals surface area (Å²) in [6, 6.07) is 17.4. The average molecular weight is 283 g/mol. The third-order valence-corrected chi connectivity index (χ3v) is 3.51. The van der Waals surface area contributed by atoms with E-state index in [2.05, 4.69) is 4.90 Å². The lowest BCUT2D eigenvalue weighted by molar-refractivity contribution is 0.0981. The number of benzene rings is 2. The van der Waals surface area contributed by atoms with Crippen LogP contribution in [0.5, 0.6) is 5.75 Å². The molecule has 0 aliphatic heterocycles. The highest BCUT2D eigenvalue weighted by Crippen LogP contribution is 2.18. The molecule has 0 aromatic heterocycles. The molecular formula is C18H21NO2. The third kappa shape index (κ3) is 4.35. The molecule has 0 aliphatic carbocycles. The van der Waals surface area contributed by atoms with E-state index >= 15 is 0 Å². The molecule has 0 bridgehead atoms. The Hall–Kier alpha value is -2.29. The molecule has 0 unspecified atom stereocenters. The van der Waals surface area contributed by atoms with Gasteiger partial charge in [-0.2, -0.15) is 0 Å². The van der Waals surface area contributed by atoms with Crippen LogP contribution in [0.3, 0.4) is 0 Å². The number of methoxy groups -OCH3 is 1. The molecule has 0 amide bonds. The van der Waals surface area contributed by atoms with Crippen LogP contribution < -0.4 is 9.64 Å². The Morgan fingerprint density at radius 2 is 1.71 bits per heavy atom. The van der Waals surface area contributed by atoms with Gasteiger partial charge in [0.2, 0.25) is 0 Å². The average Bonchev–Trinajstić information content (AvgIpc) is 2.55. The Morgan fingerprint density at radius 3 is 2.33 bits per heavy atom. The number of hydrogen-bond acceptors (Lipinski definition) is 3. The van der Waals surface area contributed by atoms with Crippen molar-refractivity contribution in [2.75, 3.05) is 25.6 Å². The first-order chi connectivity index (χ1) is 10.2. The van der Waals surface area contributed by atoms with Crippen molar-refractivity contribution in [3.8, 4) is 5.75 Å². The van der Waals surface area contributed by atoms with Crippen molar-refractivity contribution in [1.29, 1.82) is 0 Å². The fraction of sp³-hybridized carbons (Fsp3) is 0.278. The molecule has 3 heteroatoms. The van der Waals surface area contributed by atoms with Crippen LogP contribution in [0.25, 0.3) is 0 Å². The number of carbonyl (C=O) groups excluding carboxylic acids is 1. The summed E-state index contributed by atoms with van der Waals surface area (Å²) in [6.45, 7) is 0.852. The van der Waals surface area contributed by atoms with Crippen molar-refractivity contribution in [3.05, 3.63) is 60.2 Å². The van der Waals surface area contributed by atoms with Crippen molar-refractivity contribution >= 4 is 11.5 Å². The van der Waals surface area contributed by atoms with E-state index in [1.807, 2.05) is 61.6 Å². The molecule has 3 nitrogen and oxygen atoms in total. The highest BCUT2D eigenvalue weighted by atomic mass is 16.5. The van der Waals surface area contributed by atoms with Gasteiger partial charge in [0.25, 0.3) is 0 Å². The van der Waals surface area contributed by atoms with Gasteiger partial charge >= 0.3 is 0 Å². The standard InChI is InChI=1S/C18H21NO2/c1-19(16-10-12-17(21-2)13-11-16)14-6-9-18(20)15-7-4-3-5-8-15/h3-5,7-8,10-13H,6,9,14H2,1-2H3.